The van der Waals surface area contributed by atoms with E-state index in [-0.39, 0.29) is 34.2 Å². The summed E-state index contributed by atoms with van der Waals surface area (Å²) in [5, 5.41) is 3.10. The number of fused-ring (bicyclic) bond motifs is 1. The number of ether oxygens (including phenoxy) is 1. The number of aromatic amines is 1. The fourth-order valence-electron chi connectivity index (χ4n) is 3.74. The van der Waals surface area contributed by atoms with Gasteiger partial charge in [-0.25, -0.2) is 4.98 Å². The number of carbonyl (C=O) groups is 1. The first-order chi connectivity index (χ1) is 12.1. The Bertz CT molecular complexity index is 789. The molecule has 1 aliphatic carbocycles. The van der Waals surface area contributed by atoms with Gasteiger partial charge in [0, 0.05) is 13.2 Å². The zero-order chi connectivity index (χ0) is 17.8. The van der Waals surface area contributed by atoms with Crippen molar-refractivity contribution < 1.29 is 13.9 Å². The summed E-state index contributed by atoms with van der Waals surface area (Å²) >= 11 is 0. The Balaban J connectivity index is 1.66. The van der Waals surface area contributed by atoms with Crippen LogP contribution in [0.15, 0.2) is 15.5 Å². The third-order valence-electron chi connectivity index (χ3n) is 4.92. The molecule has 3 rings (SSSR count). The molecule has 7 nitrogen and oxygen atoms in total. The standard InChI is InChI=1S/C18H25N3O4/c1-3-24-13(12-6-4-5-7-12)8-9-19-16(22)14-11(2)25-18-15(14)17(23)20-10-21-18/h10,12-13H,3-9H2,1-2H3,(H,19,22)(H,20,21,23)/t13-/m1/s1. The summed E-state index contributed by atoms with van der Waals surface area (Å²) < 4.78 is 11.3. The fraction of sp³-hybridized carbons (Fsp3) is 0.611. The minimum atomic E-state index is -0.370. The molecule has 1 fully saturated rings. The van der Waals surface area contributed by atoms with Crippen LogP contribution in [0.5, 0.6) is 0 Å². The predicted molar refractivity (Wildman–Crippen MR) is 93.7 cm³/mol. The van der Waals surface area contributed by atoms with Crippen LogP contribution >= 0.6 is 0 Å². The van der Waals surface area contributed by atoms with Crippen molar-refractivity contribution in [3.05, 3.63) is 28.0 Å². The van der Waals surface area contributed by atoms with Gasteiger partial charge in [-0.3, -0.25) is 9.59 Å². The second kappa shape index (κ2) is 7.82. The summed E-state index contributed by atoms with van der Waals surface area (Å²) in [6.07, 6.45) is 7.14. The second-order valence-electron chi connectivity index (χ2n) is 6.53. The highest BCUT2D eigenvalue weighted by Gasteiger charge is 2.26. The van der Waals surface area contributed by atoms with Crippen LogP contribution < -0.4 is 10.9 Å². The van der Waals surface area contributed by atoms with Crippen molar-refractivity contribution in [2.75, 3.05) is 13.2 Å². The normalized spacial score (nSPS) is 16.4. The van der Waals surface area contributed by atoms with E-state index < -0.39 is 0 Å². The lowest BCUT2D eigenvalue weighted by molar-refractivity contribution is 0.0163. The maximum Gasteiger partial charge on any atom is 0.262 e. The fourth-order valence-corrected chi connectivity index (χ4v) is 3.74. The number of furan rings is 1. The van der Waals surface area contributed by atoms with Crippen LogP contribution in [0.1, 0.15) is 55.1 Å². The molecule has 0 bridgehead atoms. The Morgan fingerprint density at radius 3 is 2.96 bits per heavy atom. The van der Waals surface area contributed by atoms with Gasteiger partial charge in [-0.05, 0) is 39.0 Å². The lowest BCUT2D eigenvalue weighted by Gasteiger charge is -2.23. The van der Waals surface area contributed by atoms with Gasteiger partial charge in [-0.15, -0.1) is 0 Å². The first kappa shape index (κ1) is 17.7. The number of nitrogens with one attached hydrogen (secondary N) is 2. The van der Waals surface area contributed by atoms with Crippen molar-refractivity contribution in [1.29, 1.82) is 0 Å². The molecule has 0 unspecified atom stereocenters. The molecule has 0 saturated heterocycles. The Morgan fingerprint density at radius 2 is 2.24 bits per heavy atom. The quantitative estimate of drug-likeness (QED) is 0.802. The van der Waals surface area contributed by atoms with E-state index in [4.69, 9.17) is 9.15 Å². The molecule has 2 N–H and O–H groups in total. The molecule has 25 heavy (non-hydrogen) atoms. The molecule has 136 valence electrons. The van der Waals surface area contributed by atoms with Gasteiger partial charge in [0.1, 0.15) is 11.1 Å². The number of rotatable bonds is 7. The minimum absolute atomic E-state index is 0.181. The number of hydrogen-bond acceptors (Lipinski definition) is 5. The maximum atomic E-state index is 12.6. The molecule has 1 atom stereocenters. The van der Waals surface area contributed by atoms with Crippen LogP contribution in [0.2, 0.25) is 0 Å². The highest BCUT2D eigenvalue weighted by molar-refractivity contribution is 6.06. The molecule has 7 heteroatoms. The zero-order valence-electron chi connectivity index (χ0n) is 14.8. The van der Waals surface area contributed by atoms with Gasteiger partial charge < -0.3 is 19.5 Å². The highest BCUT2D eigenvalue weighted by Crippen LogP contribution is 2.30. The van der Waals surface area contributed by atoms with E-state index in [1.807, 2.05) is 6.92 Å². The topological polar surface area (TPSA) is 97.2 Å². The average molecular weight is 347 g/mol. The summed E-state index contributed by atoms with van der Waals surface area (Å²) in [6.45, 7) is 4.85. The lowest BCUT2D eigenvalue weighted by atomic mass is 9.98. The Labute approximate surface area is 146 Å². The summed E-state index contributed by atoms with van der Waals surface area (Å²) in [6, 6.07) is 0. The van der Waals surface area contributed by atoms with Gasteiger partial charge >= 0.3 is 0 Å². The molecular formula is C18H25N3O4. The Kier molecular flexibility index (Phi) is 5.53. The number of aromatic nitrogens is 2. The Hall–Kier alpha value is -2.15. The van der Waals surface area contributed by atoms with Crippen molar-refractivity contribution in [3.63, 3.8) is 0 Å². The molecule has 1 saturated carbocycles. The zero-order valence-corrected chi connectivity index (χ0v) is 14.8. The Morgan fingerprint density at radius 1 is 1.48 bits per heavy atom. The van der Waals surface area contributed by atoms with Crippen LogP contribution in [0.3, 0.4) is 0 Å². The molecule has 0 aliphatic heterocycles. The number of carbonyl (C=O) groups excluding carboxylic acids is 1. The van der Waals surface area contributed by atoms with Crippen LogP contribution in [0.4, 0.5) is 0 Å². The van der Waals surface area contributed by atoms with Crippen molar-refractivity contribution in [2.24, 2.45) is 5.92 Å². The number of amides is 1. The van der Waals surface area contributed by atoms with E-state index in [0.717, 1.165) is 6.42 Å². The summed E-state index contributed by atoms with van der Waals surface area (Å²) in [5.74, 6) is 0.672. The molecular weight excluding hydrogens is 322 g/mol. The molecule has 2 heterocycles. The molecule has 0 radical (unpaired) electrons. The summed E-state index contributed by atoms with van der Waals surface area (Å²) in [5.41, 5.74) is 0.0767. The van der Waals surface area contributed by atoms with E-state index in [1.54, 1.807) is 6.92 Å². The van der Waals surface area contributed by atoms with E-state index in [2.05, 4.69) is 15.3 Å². The van der Waals surface area contributed by atoms with Crippen molar-refractivity contribution in [2.45, 2.75) is 52.1 Å². The van der Waals surface area contributed by atoms with Crippen molar-refractivity contribution in [1.82, 2.24) is 15.3 Å². The third kappa shape index (κ3) is 3.76. The van der Waals surface area contributed by atoms with E-state index >= 15 is 0 Å². The number of H-pyrrole nitrogens is 1. The van der Waals surface area contributed by atoms with Gasteiger partial charge in [0.2, 0.25) is 5.71 Å². The first-order valence-electron chi connectivity index (χ1n) is 8.98. The van der Waals surface area contributed by atoms with Crippen LogP contribution in [-0.4, -0.2) is 35.1 Å². The summed E-state index contributed by atoms with van der Waals surface area (Å²) in [4.78, 5) is 31.0. The minimum Gasteiger partial charge on any atom is -0.442 e. The monoisotopic (exact) mass is 347 g/mol. The van der Waals surface area contributed by atoms with E-state index in [9.17, 15) is 9.59 Å². The highest BCUT2D eigenvalue weighted by atomic mass is 16.5. The van der Waals surface area contributed by atoms with Crippen molar-refractivity contribution in [3.8, 4) is 0 Å². The first-order valence-corrected chi connectivity index (χ1v) is 8.98. The molecule has 1 aliphatic rings. The largest absolute Gasteiger partial charge is 0.442 e. The molecule has 1 amide bonds. The van der Waals surface area contributed by atoms with Gasteiger partial charge in [-0.2, -0.15) is 0 Å². The predicted octanol–water partition coefficient (Wildman–Crippen LogP) is 2.54. The summed E-state index contributed by atoms with van der Waals surface area (Å²) in [7, 11) is 0. The second-order valence-corrected chi connectivity index (χ2v) is 6.53. The van der Waals surface area contributed by atoms with Gasteiger partial charge in [0.15, 0.2) is 0 Å². The van der Waals surface area contributed by atoms with Crippen molar-refractivity contribution >= 4 is 17.0 Å². The lowest BCUT2D eigenvalue weighted by Crippen LogP contribution is -2.31. The maximum absolute atomic E-state index is 12.6. The molecule has 2 aromatic rings. The number of hydrogen-bond donors (Lipinski definition) is 2. The number of aryl methyl sites for hydroxylation is 1. The average Bonchev–Trinajstić information content (AvgIpc) is 3.21. The third-order valence-corrected chi connectivity index (χ3v) is 4.92. The van der Waals surface area contributed by atoms with Gasteiger partial charge in [0.05, 0.1) is 18.0 Å². The SMILES string of the molecule is CCO[C@H](CCNC(=O)c1c(C)oc2nc[nH]c(=O)c12)C1CCCC1. The van der Waals surface area contributed by atoms with Crippen LogP contribution in [0.25, 0.3) is 11.1 Å². The van der Waals surface area contributed by atoms with Gasteiger partial charge in [0.25, 0.3) is 11.5 Å². The van der Waals surface area contributed by atoms with E-state index in [1.165, 1.54) is 32.0 Å². The smallest absolute Gasteiger partial charge is 0.262 e. The van der Waals surface area contributed by atoms with Crippen LogP contribution in [0, 0.1) is 12.8 Å². The van der Waals surface area contributed by atoms with Gasteiger partial charge in [-0.1, -0.05) is 12.8 Å². The molecule has 0 spiro atoms. The van der Waals surface area contributed by atoms with Crippen LogP contribution in [-0.2, 0) is 4.74 Å². The molecule has 0 aromatic carbocycles. The molecule has 2 aromatic heterocycles. The number of nitrogens with zero attached hydrogens (tertiary/aromatic N) is 1. The van der Waals surface area contributed by atoms with E-state index in [0.29, 0.717) is 24.8 Å².